The van der Waals surface area contributed by atoms with Crippen molar-refractivity contribution in [3.05, 3.63) is 29.3 Å². The summed E-state index contributed by atoms with van der Waals surface area (Å²) in [6, 6.07) is 3.46. The smallest absolute Gasteiger partial charge is 0.389 e. The molecule has 1 aliphatic heterocycles. The Balaban J connectivity index is 2.41. The Morgan fingerprint density at radius 2 is 1.89 bits per heavy atom. The minimum Gasteiger partial charge on any atom is -0.389 e. The lowest BCUT2D eigenvalue weighted by molar-refractivity contribution is -0.137. The quantitative estimate of drug-likeness (QED) is 0.900. The van der Waals surface area contributed by atoms with Gasteiger partial charge in [0.15, 0.2) is 0 Å². The van der Waals surface area contributed by atoms with E-state index in [1.165, 1.54) is 6.07 Å². The van der Waals surface area contributed by atoms with Gasteiger partial charge in [-0.3, -0.25) is 0 Å². The number of alkyl halides is 3. The molecule has 6 heteroatoms. The summed E-state index contributed by atoms with van der Waals surface area (Å²) in [5, 5.41) is 9.69. The molecule has 1 unspecified atom stereocenters. The second-order valence-electron chi connectivity index (χ2n) is 4.55. The summed E-state index contributed by atoms with van der Waals surface area (Å²) >= 11 is 0. The molecule has 1 atom stereocenters. The number of morpholine rings is 1. The molecule has 0 radical (unpaired) electrons. The molecular weight excluding hydrogens is 259 g/mol. The van der Waals surface area contributed by atoms with Gasteiger partial charge in [0.25, 0.3) is 0 Å². The van der Waals surface area contributed by atoms with Crippen LogP contribution in [0.1, 0.15) is 24.2 Å². The number of nitrogens with zero attached hydrogens (tertiary/aromatic N) is 1. The Morgan fingerprint density at radius 1 is 1.26 bits per heavy atom. The molecule has 0 aromatic heterocycles. The van der Waals surface area contributed by atoms with Crippen molar-refractivity contribution in [1.82, 2.24) is 0 Å². The van der Waals surface area contributed by atoms with Gasteiger partial charge in [-0.05, 0) is 19.1 Å². The fraction of sp³-hybridized carbons (Fsp3) is 0.538. The number of hydrogen-bond acceptors (Lipinski definition) is 3. The molecule has 2 rings (SSSR count). The third-order valence-corrected chi connectivity index (χ3v) is 3.16. The number of rotatable bonds is 2. The summed E-state index contributed by atoms with van der Waals surface area (Å²) in [5.41, 5.74) is 0.251. The third-order valence-electron chi connectivity index (χ3n) is 3.16. The molecule has 19 heavy (non-hydrogen) atoms. The molecule has 1 aromatic rings. The predicted octanol–water partition coefficient (Wildman–Crippen LogP) is 2.60. The van der Waals surface area contributed by atoms with Crippen LogP contribution in [0.4, 0.5) is 18.9 Å². The highest BCUT2D eigenvalue weighted by molar-refractivity contribution is 5.57. The van der Waals surface area contributed by atoms with Crippen molar-refractivity contribution >= 4 is 5.69 Å². The monoisotopic (exact) mass is 275 g/mol. The molecule has 0 aliphatic carbocycles. The summed E-state index contributed by atoms with van der Waals surface area (Å²) in [5.74, 6) is 0. The Hall–Kier alpha value is -1.27. The van der Waals surface area contributed by atoms with Crippen LogP contribution in [-0.4, -0.2) is 31.4 Å². The topological polar surface area (TPSA) is 32.7 Å². The van der Waals surface area contributed by atoms with Gasteiger partial charge in [0.1, 0.15) is 0 Å². The average molecular weight is 275 g/mol. The molecule has 1 N–H and O–H groups in total. The largest absolute Gasteiger partial charge is 0.416 e. The Morgan fingerprint density at radius 3 is 2.42 bits per heavy atom. The molecule has 0 bridgehead atoms. The van der Waals surface area contributed by atoms with Crippen molar-refractivity contribution in [2.24, 2.45) is 0 Å². The van der Waals surface area contributed by atoms with Crippen molar-refractivity contribution in [1.29, 1.82) is 0 Å². The zero-order chi connectivity index (χ0) is 14.0. The molecule has 106 valence electrons. The summed E-state index contributed by atoms with van der Waals surface area (Å²) < 4.78 is 43.5. The maximum absolute atomic E-state index is 12.8. The first kappa shape index (κ1) is 14.1. The van der Waals surface area contributed by atoms with Gasteiger partial charge in [-0.25, -0.2) is 0 Å². The molecule has 1 heterocycles. The molecule has 1 aromatic carbocycles. The first-order chi connectivity index (χ1) is 8.89. The van der Waals surface area contributed by atoms with Crippen molar-refractivity contribution in [3.8, 4) is 0 Å². The second kappa shape index (κ2) is 5.38. The van der Waals surface area contributed by atoms with E-state index in [-0.39, 0.29) is 0 Å². The van der Waals surface area contributed by atoms with E-state index in [2.05, 4.69) is 0 Å². The standard InChI is InChI=1S/C13H16F3NO2/c1-9(18)11-3-2-10(13(14,15)16)8-12(11)17-4-6-19-7-5-17/h2-3,8-9,18H,4-7H2,1H3. The van der Waals surface area contributed by atoms with Crippen LogP contribution in [0.3, 0.4) is 0 Å². The van der Waals surface area contributed by atoms with E-state index in [4.69, 9.17) is 4.74 Å². The van der Waals surface area contributed by atoms with E-state index in [0.29, 0.717) is 37.6 Å². The van der Waals surface area contributed by atoms with Gasteiger partial charge in [0.05, 0.1) is 24.9 Å². The van der Waals surface area contributed by atoms with Crippen molar-refractivity contribution in [2.75, 3.05) is 31.2 Å². The van der Waals surface area contributed by atoms with E-state index < -0.39 is 17.8 Å². The Bertz CT molecular complexity index is 440. The Kier molecular flexibility index (Phi) is 4.01. The first-order valence-corrected chi connectivity index (χ1v) is 6.11. The fourth-order valence-corrected chi connectivity index (χ4v) is 2.15. The van der Waals surface area contributed by atoms with Crippen LogP contribution in [-0.2, 0) is 10.9 Å². The van der Waals surface area contributed by atoms with Gasteiger partial charge in [-0.2, -0.15) is 13.2 Å². The summed E-state index contributed by atoms with van der Waals surface area (Å²) in [6.07, 6.45) is -5.18. The van der Waals surface area contributed by atoms with Crippen LogP contribution < -0.4 is 4.90 Å². The highest BCUT2D eigenvalue weighted by atomic mass is 19.4. The average Bonchev–Trinajstić information content (AvgIpc) is 2.38. The van der Waals surface area contributed by atoms with Crippen LogP contribution in [0.25, 0.3) is 0 Å². The minimum absolute atomic E-state index is 0.438. The van der Waals surface area contributed by atoms with Crippen molar-refractivity contribution in [3.63, 3.8) is 0 Å². The first-order valence-electron chi connectivity index (χ1n) is 6.11. The molecule has 1 aliphatic rings. The number of hydrogen-bond donors (Lipinski definition) is 1. The summed E-state index contributed by atoms with van der Waals surface area (Å²) in [4.78, 5) is 1.82. The number of ether oxygens (including phenoxy) is 1. The van der Waals surface area contributed by atoms with Crippen LogP contribution in [0.15, 0.2) is 18.2 Å². The highest BCUT2D eigenvalue weighted by Crippen LogP contribution is 2.35. The van der Waals surface area contributed by atoms with Gasteiger partial charge < -0.3 is 14.7 Å². The number of anilines is 1. The number of benzene rings is 1. The van der Waals surface area contributed by atoms with Crippen LogP contribution in [0.5, 0.6) is 0 Å². The molecule has 1 fully saturated rings. The van der Waals surface area contributed by atoms with E-state index >= 15 is 0 Å². The SMILES string of the molecule is CC(O)c1ccc(C(F)(F)F)cc1N1CCOCC1. The molecule has 3 nitrogen and oxygen atoms in total. The minimum atomic E-state index is -4.38. The molecule has 0 saturated carbocycles. The predicted molar refractivity (Wildman–Crippen MR) is 65.1 cm³/mol. The highest BCUT2D eigenvalue weighted by Gasteiger charge is 2.32. The van der Waals surface area contributed by atoms with Crippen LogP contribution in [0.2, 0.25) is 0 Å². The van der Waals surface area contributed by atoms with Gasteiger partial charge in [-0.1, -0.05) is 6.07 Å². The maximum atomic E-state index is 12.8. The zero-order valence-corrected chi connectivity index (χ0v) is 10.6. The van der Waals surface area contributed by atoms with E-state index in [0.717, 1.165) is 12.1 Å². The molecule has 0 amide bonds. The summed E-state index contributed by atoms with van der Waals surface area (Å²) in [7, 11) is 0. The second-order valence-corrected chi connectivity index (χ2v) is 4.55. The Labute approximate surface area is 109 Å². The van der Waals surface area contributed by atoms with Crippen molar-refractivity contribution < 1.29 is 23.0 Å². The number of aliphatic hydroxyl groups is 1. The summed E-state index contributed by atoms with van der Waals surface area (Å²) in [6.45, 7) is 3.57. The zero-order valence-electron chi connectivity index (χ0n) is 10.6. The maximum Gasteiger partial charge on any atom is 0.416 e. The van der Waals surface area contributed by atoms with Gasteiger partial charge in [0, 0.05) is 24.3 Å². The van der Waals surface area contributed by atoms with Gasteiger partial charge in [-0.15, -0.1) is 0 Å². The van der Waals surface area contributed by atoms with Crippen molar-refractivity contribution in [2.45, 2.75) is 19.2 Å². The number of halogens is 3. The number of aliphatic hydroxyl groups excluding tert-OH is 1. The normalized spacial score (nSPS) is 18.5. The molecule has 1 saturated heterocycles. The third kappa shape index (κ3) is 3.19. The lowest BCUT2D eigenvalue weighted by Gasteiger charge is -2.31. The lowest BCUT2D eigenvalue weighted by Crippen LogP contribution is -2.37. The molecule has 0 spiro atoms. The van der Waals surface area contributed by atoms with Crippen LogP contribution in [0, 0.1) is 0 Å². The van der Waals surface area contributed by atoms with E-state index in [9.17, 15) is 18.3 Å². The van der Waals surface area contributed by atoms with E-state index in [1.54, 1.807) is 6.92 Å². The van der Waals surface area contributed by atoms with Gasteiger partial charge in [0.2, 0.25) is 0 Å². The fourth-order valence-electron chi connectivity index (χ4n) is 2.15. The van der Waals surface area contributed by atoms with Crippen LogP contribution >= 0.6 is 0 Å². The lowest BCUT2D eigenvalue weighted by atomic mass is 10.0. The van der Waals surface area contributed by atoms with E-state index in [1.807, 2.05) is 4.90 Å². The molecular formula is C13H16F3NO2. The van der Waals surface area contributed by atoms with Gasteiger partial charge >= 0.3 is 6.18 Å².